The lowest BCUT2D eigenvalue weighted by Gasteiger charge is -2.15. The average Bonchev–Trinajstić information content (AvgIpc) is 2.73. The molecule has 1 aliphatic heterocycles. The minimum absolute atomic E-state index is 0.189. The highest BCUT2D eigenvalue weighted by molar-refractivity contribution is 5.15. The van der Waals surface area contributed by atoms with E-state index < -0.39 is 0 Å². The lowest BCUT2D eigenvalue weighted by atomic mass is 9.90. The summed E-state index contributed by atoms with van der Waals surface area (Å²) in [5, 5.41) is 4.38. The van der Waals surface area contributed by atoms with Crippen LogP contribution in [0.2, 0.25) is 0 Å². The fourth-order valence-electron chi connectivity index (χ4n) is 1.85. The summed E-state index contributed by atoms with van der Waals surface area (Å²) >= 11 is 0. The lowest BCUT2D eigenvalue weighted by molar-refractivity contribution is 0.0939. The van der Waals surface area contributed by atoms with E-state index in [4.69, 9.17) is 4.74 Å². The molecule has 0 bridgehead atoms. The van der Waals surface area contributed by atoms with Crippen molar-refractivity contribution in [2.24, 2.45) is 0 Å². The Labute approximate surface area is 91.4 Å². The SMILES string of the molecule is CC(C)(C)c1cnn(CC2CCCO2)c1. The molecule has 2 rings (SSSR count). The molecule has 0 aromatic carbocycles. The van der Waals surface area contributed by atoms with Crippen LogP contribution in [0.4, 0.5) is 0 Å². The molecule has 1 aliphatic rings. The zero-order valence-corrected chi connectivity index (χ0v) is 9.86. The maximum atomic E-state index is 5.59. The van der Waals surface area contributed by atoms with Gasteiger partial charge in [-0.15, -0.1) is 0 Å². The highest BCUT2D eigenvalue weighted by Gasteiger charge is 2.19. The maximum absolute atomic E-state index is 5.59. The predicted octanol–water partition coefficient (Wildman–Crippen LogP) is 2.36. The molecule has 2 heterocycles. The molecule has 0 amide bonds. The molecule has 3 heteroatoms. The van der Waals surface area contributed by atoms with Gasteiger partial charge < -0.3 is 4.74 Å². The molecule has 1 unspecified atom stereocenters. The normalized spacial score (nSPS) is 22.2. The van der Waals surface area contributed by atoms with Gasteiger partial charge in [-0.1, -0.05) is 20.8 Å². The summed E-state index contributed by atoms with van der Waals surface area (Å²) in [6, 6.07) is 0. The van der Waals surface area contributed by atoms with Crippen molar-refractivity contribution >= 4 is 0 Å². The number of ether oxygens (including phenoxy) is 1. The van der Waals surface area contributed by atoms with Crippen molar-refractivity contribution in [3.63, 3.8) is 0 Å². The summed E-state index contributed by atoms with van der Waals surface area (Å²) in [7, 11) is 0. The largest absolute Gasteiger partial charge is 0.376 e. The van der Waals surface area contributed by atoms with E-state index in [-0.39, 0.29) is 5.41 Å². The first-order valence-corrected chi connectivity index (χ1v) is 5.70. The molecule has 1 aromatic rings. The average molecular weight is 208 g/mol. The third kappa shape index (κ3) is 2.59. The van der Waals surface area contributed by atoms with Crippen LogP contribution in [0.5, 0.6) is 0 Å². The van der Waals surface area contributed by atoms with Crippen molar-refractivity contribution in [3.8, 4) is 0 Å². The summed E-state index contributed by atoms with van der Waals surface area (Å²) in [6.45, 7) is 8.44. The molecule has 0 spiro atoms. The summed E-state index contributed by atoms with van der Waals surface area (Å²) in [6.07, 6.45) is 6.84. The minimum atomic E-state index is 0.189. The van der Waals surface area contributed by atoms with Crippen LogP contribution in [0.3, 0.4) is 0 Å². The summed E-state index contributed by atoms with van der Waals surface area (Å²) < 4.78 is 7.60. The Balaban J connectivity index is 2.00. The van der Waals surface area contributed by atoms with E-state index in [0.29, 0.717) is 6.10 Å². The standard InChI is InChI=1S/C12H20N2O/c1-12(2,3)10-7-13-14(8-10)9-11-5-4-6-15-11/h7-8,11H,4-6,9H2,1-3H3. The minimum Gasteiger partial charge on any atom is -0.376 e. The van der Waals surface area contributed by atoms with Gasteiger partial charge in [0, 0.05) is 12.8 Å². The molecular weight excluding hydrogens is 188 g/mol. The first-order valence-electron chi connectivity index (χ1n) is 5.70. The maximum Gasteiger partial charge on any atom is 0.0771 e. The van der Waals surface area contributed by atoms with Crippen molar-refractivity contribution in [1.29, 1.82) is 0 Å². The van der Waals surface area contributed by atoms with Crippen LogP contribution in [-0.2, 0) is 16.7 Å². The molecular formula is C12H20N2O. The Morgan fingerprint density at radius 2 is 2.33 bits per heavy atom. The fraction of sp³-hybridized carbons (Fsp3) is 0.750. The van der Waals surface area contributed by atoms with Gasteiger partial charge >= 0.3 is 0 Å². The number of hydrogen-bond donors (Lipinski definition) is 0. The van der Waals surface area contributed by atoms with Gasteiger partial charge in [-0.2, -0.15) is 5.10 Å². The Bertz CT molecular complexity index is 319. The number of hydrogen-bond acceptors (Lipinski definition) is 2. The van der Waals surface area contributed by atoms with Gasteiger partial charge in [0.2, 0.25) is 0 Å². The van der Waals surface area contributed by atoms with Crippen LogP contribution in [-0.4, -0.2) is 22.5 Å². The number of aromatic nitrogens is 2. The highest BCUT2D eigenvalue weighted by Crippen LogP contribution is 2.21. The fourth-order valence-corrected chi connectivity index (χ4v) is 1.85. The second-order valence-electron chi connectivity index (χ2n) is 5.34. The van der Waals surface area contributed by atoms with Gasteiger partial charge in [-0.05, 0) is 23.8 Å². The summed E-state index contributed by atoms with van der Waals surface area (Å²) in [5.41, 5.74) is 1.48. The van der Waals surface area contributed by atoms with Crippen LogP contribution in [0.25, 0.3) is 0 Å². The van der Waals surface area contributed by atoms with Crippen molar-refractivity contribution in [2.45, 2.75) is 51.7 Å². The first kappa shape index (κ1) is 10.7. The molecule has 0 saturated carbocycles. The molecule has 84 valence electrons. The zero-order chi connectivity index (χ0) is 10.9. The van der Waals surface area contributed by atoms with E-state index in [0.717, 1.165) is 13.2 Å². The van der Waals surface area contributed by atoms with E-state index in [9.17, 15) is 0 Å². The topological polar surface area (TPSA) is 27.1 Å². The van der Waals surface area contributed by atoms with Gasteiger partial charge in [0.25, 0.3) is 0 Å². The van der Waals surface area contributed by atoms with Gasteiger partial charge in [0.1, 0.15) is 0 Å². The van der Waals surface area contributed by atoms with Gasteiger partial charge in [0.05, 0.1) is 18.8 Å². The Morgan fingerprint density at radius 3 is 2.87 bits per heavy atom. The monoisotopic (exact) mass is 208 g/mol. The van der Waals surface area contributed by atoms with Gasteiger partial charge in [-0.3, -0.25) is 4.68 Å². The van der Waals surface area contributed by atoms with Crippen molar-refractivity contribution in [2.75, 3.05) is 6.61 Å². The predicted molar refractivity (Wildman–Crippen MR) is 59.9 cm³/mol. The second-order valence-corrected chi connectivity index (χ2v) is 5.34. The molecule has 1 atom stereocenters. The van der Waals surface area contributed by atoms with Crippen LogP contribution < -0.4 is 0 Å². The Hall–Kier alpha value is -0.830. The summed E-state index contributed by atoms with van der Waals surface area (Å²) in [5.74, 6) is 0. The first-order chi connectivity index (χ1) is 7.05. The van der Waals surface area contributed by atoms with E-state index in [1.807, 2.05) is 10.9 Å². The van der Waals surface area contributed by atoms with Crippen LogP contribution in [0.15, 0.2) is 12.4 Å². The molecule has 1 fully saturated rings. The van der Waals surface area contributed by atoms with Crippen LogP contribution in [0, 0.1) is 0 Å². The lowest BCUT2D eigenvalue weighted by Crippen LogP contribution is -2.15. The van der Waals surface area contributed by atoms with E-state index in [2.05, 4.69) is 32.1 Å². The van der Waals surface area contributed by atoms with Crippen molar-refractivity contribution in [1.82, 2.24) is 9.78 Å². The number of rotatable bonds is 2. The van der Waals surface area contributed by atoms with E-state index >= 15 is 0 Å². The van der Waals surface area contributed by atoms with Crippen LogP contribution in [0.1, 0.15) is 39.2 Å². The Kier molecular flexibility index (Phi) is 2.83. The molecule has 0 aliphatic carbocycles. The van der Waals surface area contributed by atoms with Crippen molar-refractivity contribution < 1.29 is 4.74 Å². The van der Waals surface area contributed by atoms with Gasteiger partial charge in [-0.25, -0.2) is 0 Å². The quantitative estimate of drug-likeness (QED) is 0.746. The molecule has 3 nitrogen and oxygen atoms in total. The third-order valence-electron chi connectivity index (χ3n) is 2.91. The highest BCUT2D eigenvalue weighted by atomic mass is 16.5. The van der Waals surface area contributed by atoms with E-state index in [1.54, 1.807) is 0 Å². The van der Waals surface area contributed by atoms with Gasteiger partial charge in [0.15, 0.2) is 0 Å². The molecule has 15 heavy (non-hydrogen) atoms. The molecule has 1 saturated heterocycles. The van der Waals surface area contributed by atoms with Crippen LogP contribution >= 0.6 is 0 Å². The third-order valence-corrected chi connectivity index (χ3v) is 2.91. The zero-order valence-electron chi connectivity index (χ0n) is 9.86. The second kappa shape index (κ2) is 3.97. The molecule has 0 N–H and O–H groups in total. The summed E-state index contributed by atoms with van der Waals surface area (Å²) in [4.78, 5) is 0. The van der Waals surface area contributed by atoms with E-state index in [1.165, 1.54) is 18.4 Å². The number of nitrogens with zero attached hydrogens (tertiary/aromatic N) is 2. The van der Waals surface area contributed by atoms with Crippen molar-refractivity contribution in [3.05, 3.63) is 18.0 Å². The molecule has 0 radical (unpaired) electrons. The Morgan fingerprint density at radius 1 is 1.53 bits per heavy atom. The molecule has 1 aromatic heterocycles. The smallest absolute Gasteiger partial charge is 0.0771 e.